The molecule has 0 bridgehead atoms. The average Bonchev–Trinajstić information content (AvgIpc) is 2.43. The molecule has 1 amide bonds. The number of amides is 1. The van der Waals surface area contributed by atoms with E-state index in [4.69, 9.17) is 11.6 Å². The fraction of sp³-hybridized carbons (Fsp3) is 0.571. The summed E-state index contributed by atoms with van der Waals surface area (Å²) in [7, 11) is 0. The molecule has 1 saturated heterocycles. The number of nitrogens with one attached hydrogen (secondary N) is 2. The topological polar surface area (TPSA) is 54.0 Å². The highest BCUT2D eigenvalue weighted by Crippen LogP contribution is 2.34. The second-order valence-electron chi connectivity index (χ2n) is 5.19. The largest absolute Gasteiger partial charge is 0.323 e. The third-order valence-corrected chi connectivity index (χ3v) is 4.24. The van der Waals surface area contributed by atoms with E-state index in [0.29, 0.717) is 10.8 Å². The van der Waals surface area contributed by atoms with Gasteiger partial charge in [0.2, 0.25) is 5.91 Å². The Hall–Kier alpha value is -1.13. The number of halogens is 1. The van der Waals surface area contributed by atoms with Crippen LogP contribution in [-0.2, 0) is 4.79 Å². The van der Waals surface area contributed by atoms with Gasteiger partial charge in [0, 0.05) is 6.20 Å². The van der Waals surface area contributed by atoms with Crippen molar-refractivity contribution in [2.24, 2.45) is 5.41 Å². The van der Waals surface area contributed by atoms with Crippen LogP contribution in [0.5, 0.6) is 0 Å². The highest BCUT2D eigenvalue weighted by atomic mass is 35.5. The predicted molar refractivity (Wildman–Crippen MR) is 77.4 cm³/mol. The van der Waals surface area contributed by atoms with Gasteiger partial charge in [-0.1, -0.05) is 18.5 Å². The molecule has 1 aliphatic heterocycles. The van der Waals surface area contributed by atoms with E-state index in [1.807, 2.05) is 13.0 Å². The minimum absolute atomic E-state index is 0.0609. The van der Waals surface area contributed by atoms with Crippen LogP contribution in [0.25, 0.3) is 0 Å². The molecule has 104 valence electrons. The van der Waals surface area contributed by atoms with Gasteiger partial charge in [0.1, 0.15) is 0 Å². The van der Waals surface area contributed by atoms with Crippen LogP contribution in [0.2, 0.25) is 5.15 Å². The molecular weight excluding hydrogens is 262 g/mol. The number of hydrogen-bond donors (Lipinski definition) is 2. The Morgan fingerprint density at radius 3 is 2.84 bits per heavy atom. The Kier molecular flexibility index (Phi) is 4.42. The van der Waals surface area contributed by atoms with Gasteiger partial charge in [0.15, 0.2) is 5.15 Å². The van der Waals surface area contributed by atoms with Crippen molar-refractivity contribution in [3.63, 3.8) is 0 Å². The Morgan fingerprint density at radius 2 is 2.21 bits per heavy atom. The van der Waals surface area contributed by atoms with E-state index >= 15 is 0 Å². The SMILES string of the molecule is CCC1(C(=O)Nc2cc(C)cnc2Cl)CCNCC1. The molecule has 1 aromatic rings. The van der Waals surface area contributed by atoms with Crippen molar-refractivity contribution in [1.82, 2.24) is 10.3 Å². The first kappa shape index (κ1) is 14.3. The first-order valence-electron chi connectivity index (χ1n) is 6.72. The Balaban J connectivity index is 2.17. The summed E-state index contributed by atoms with van der Waals surface area (Å²) in [6, 6.07) is 1.86. The zero-order chi connectivity index (χ0) is 13.9. The number of aryl methyl sites for hydroxylation is 1. The number of aromatic nitrogens is 1. The van der Waals surface area contributed by atoms with Gasteiger partial charge >= 0.3 is 0 Å². The molecule has 0 atom stereocenters. The zero-order valence-corrected chi connectivity index (χ0v) is 12.2. The van der Waals surface area contributed by atoms with Crippen molar-refractivity contribution in [2.45, 2.75) is 33.1 Å². The summed E-state index contributed by atoms with van der Waals surface area (Å²) in [6.45, 7) is 5.78. The van der Waals surface area contributed by atoms with Gasteiger partial charge in [-0.3, -0.25) is 4.79 Å². The smallest absolute Gasteiger partial charge is 0.230 e. The zero-order valence-electron chi connectivity index (χ0n) is 11.4. The number of piperidine rings is 1. The van der Waals surface area contributed by atoms with Crippen LogP contribution in [0, 0.1) is 12.3 Å². The summed E-state index contributed by atoms with van der Waals surface area (Å²) in [4.78, 5) is 16.6. The van der Waals surface area contributed by atoms with E-state index in [1.54, 1.807) is 6.20 Å². The standard InChI is InChI=1S/C14H20ClN3O/c1-3-14(4-6-16-7-5-14)13(19)18-11-8-10(2)9-17-12(11)15/h8-9,16H,3-7H2,1-2H3,(H,18,19). The van der Waals surface area contributed by atoms with E-state index in [0.717, 1.165) is 37.9 Å². The van der Waals surface area contributed by atoms with Crippen LogP contribution in [0.15, 0.2) is 12.3 Å². The van der Waals surface area contributed by atoms with Gasteiger partial charge in [0.05, 0.1) is 11.1 Å². The summed E-state index contributed by atoms with van der Waals surface area (Å²) in [5, 5.41) is 6.59. The first-order valence-corrected chi connectivity index (χ1v) is 7.09. The van der Waals surface area contributed by atoms with E-state index in [-0.39, 0.29) is 11.3 Å². The number of carbonyl (C=O) groups excluding carboxylic acids is 1. The Bertz CT molecular complexity index is 470. The molecule has 19 heavy (non-hydrogen) atoms. The number of hydrogen-bond acceptors (Lipinski definition) is 3. The molecule has 2 rings (SSSR count). The highest BCUT2D eigenvalue weighted by molar-refractivity contribution is 6.32. The molecule has 0 unspecified atom stereocenters. The third-order valence-electron chi connectivity index (χ3n) is 3.94. The predicted octanol–water partition coefficient (Wildman–Crippen LogP) is 2.76. The van der Waals surface area contributed by atoms with Crippen molar-refractivity contribution < 1.29 is 4.79 Å². The van der Waals surface area contributed by atoms with Crippen molar-refractivity contribution in [1.29, 1.82) is 0 Å². The summed E-state index contributed by atoms with van der Waals surface area (Å²) in [5.41, 5.74) is 1.31. The van der Waals surface area contributed by atoms with E-state index in [1.165, 1.54) is 0 Å². The van der Waals surface area contributed by atoms with Crippen LogP contribution >= 0.6 is 11.6 Å². The van der Waals surface area contributed by atoms with Gasteiger partial charge in [-0.15, -0.1) is 0 Å². The molecule has 1 aliphatic rings. The maximum atomic E-state index is 12.6. The number of nitrogens with zero attached hydrogens (tertiary/aromatic N) is 1. The van der Waals surface area contributed by atoms with Crippen LogP contribution in [0.3, 0.4) is 0 Å². The van der Waals surface area contributed by atoms with E-state index in [2.05, 4.69) is 22.5 Å². The van der Waals surface area contributed by atoms with Gasteiger partial charge in [0.25, 0.3) is 0 Å². The minimum Gasteiger partial charge on any atom is -0.323 e. The van der Waals surface area contributed by atoms with E-state index in [9.17, 15) is 4.79 Å². The van der Waals surface area contributed by atoms with Crippen LogP contribution < -0.4 is 10.6 Å². The second kappa shape index (κ2) is 5.88. The van der Waals surface area contributed by atoms with Crippen molar-refractivity contribution in [3.8, 4) is 0 Å². The molecule has 0 aliphatic carbocycles. The summed E-state index contributed by atoms with van der Waals surface area (Å²) in [5.74, 6) is 0.0609. The maximum absolute atomic E-state index is 12.6. The summed E-state index contributed by atoms with van der Waals surface area (Å²) >= 11 is 6.03. The van der Waals surface area contributed by atoms with Gasteiger partial charge < -0.3 is 10.6 Å². The minimum atomic E-state index is -0.279. The maximum Gasteiger partial charge on any atom is 0.230 e. The molecule has 0 radical (unpaired) electrons. The van der Waals surface area contributed by atoms with Crippen molar-refractivity contribution in [2.75, 3.05) is 18.4 Å². The van der Waals surface area contributed by atoms with Crippen molar-refractivity contribution in [3.05, 3.63) is 23.0 Å². The van der Waals surface area contributed by atoms with Crippen molar-refractivity contribution >= 4 is 23.2 Å². The molecule has 0 saturated carbocycles. The molecule has 2 heterocycles. The molecule has 0 aromatic carbocycles. The van der Waals surface area contributed by atoms with Crippen LogP contribution in [-0.4, -0.2) is 24.0 Å². The number of pyridine rings is 1. The lowest BCUT2D eigenvalue weighted by Gasteiger charge is -2.35. The average molecular weight is 282 g/mol. The molecule has 1 aromatic heterocycles. The van der Waals surface area contributed by atoms with Crippen LogP contribution in [0.1, 0.15) is 31.7 Å². The van der Waals surface area contributed by atoms with Gasteiger partial charge in [-0.2, -0.15) is 0 Å². The second-order valence-corrected chi connectivity index (χ2v) is 5.55. The van der Waals surface area contributed by atoms with Crippen LogP contribution in [0.4, 0.5) is 5.69 Å². The normalized spacial score (nSPS) is 18.1. The van der Waals surface area contributed by atoms with Gasteiger partial charge in [-0.25, -0.2) is 4.98 Å². The summed E-state index contributed by atoms with van der Waals surface area (Å²) < 4.78 is 0. The Morgan fingerprint density at radius 1 is 1.53 bits per heavy atom. The number of rotatable bonds is 3. The third kappa shape index (κ3) is 3.07. The molecule has 5 heteroatoms. The fourth-order valence-electron chi connectivity index (χ4n) is 2.54. The molecular formula is C14H20ClN3O. The summed E-state index contributed by atoms with van der Waals surface area (Å²) in [6.07, 6.45) is 4.27. The first-order chi connectivity index (χ1) is 9.07. The monoisotopic (exact) mass is 281 g/mol. The highest BCUT2D eigenvalue weighted by Gasteiger charge is 2.37. The number of carbonyl (C=O) groups is 1. The molecule has 2 N–H and O–H groups in total. The number of anilines is 1. The quantitative estimate of drug-likeness (QED) is 0.838. The van der Waals surface area contributed by atoms with E-state index < -0.39 is 0 Å². The fourth-order valence-corrected chi connectivity index (χ4v) is 2.69. The molecule has 1 fully saturated rings. The lowest BCUT2D eigenvalue weighted by atomic mass is 9.76. The molecule has 0 spiro atoms. The molecule has 4 nitrogen and oxygen atoms in total. The lowest BCUT2D eigenvalue weighted by Crippen LogP contribution is -2.44. The Labute approximate surface area is 118 Å². The van der Waals surface area contributed by atoms with Gasteiger partial charge in [-0.05, 0) is 50.9 Å². The lowest BCUT2D eigenvalue weighted by molar-refractivity contribution is -0.127.